The van der Waals surface area contributed by atoms with Gasteiger partial charge in [0.15, 0.2) is 0 Å². The predicted octanol–water partition coefficient (Wildman–Crippen LogP) is 10.6. The van der Waals surface area contributed by atoms with E-state index < -0.39 is 0 Å². The maximum absolute atomic E-state index is 6.75. The molecule has 5 aromatic rings. The molecule has 0 amide bonds. The Bertz CT molecular complexity index is 1740. The standard InChI is InChI=1S/C37H42N2O/c1-22(2)24-16-17-38-30(18-24)31-23(3)14-15-26-28-19-27-25-12-10-11-13-29(25)37(20-35(4,5)6,21-36(7,8)9)33(27)39-34(28)40-32(26)31/h10-19,22H,20-21H2,1-9H3. The number of aromatic nitrogens is 2. The predicted molar refractivity (Wildman–Crippen MR) is 168 cm³/mol. The molecule has 3 nitrogen and oxygen atoms in total. The Morgan fingerprint density at radius 1 is 0.825 bits per heavy atom. The van der Waals surface area contributed by atoms with Gasteiger partial charge in [-0.2, -0.15) is 0 Å². The van der Waals surface area contributed by atoms with Crippen molar-refractivity contribution >= 4 is 22.1 Å². The molecule has 206 valence electrons. The van der Waals surface area contributed by atoms with Crippen LogP contribution in [0.1, 0.15) is 96.5 Å². The second kappa shape index (κ2) is 9.03. The third-order valence-corrected chi connectivity index (χ3v) is 8.40. The lowest BCUT2D eigenvalue weighted by molar-refractivity contribution is 0.211. The number of furan rings is 1. The minimum absolute atomic E-state index is 0.127. The number of hydrogen-bond acceptors (Lipinski definition) is 3. The fourth-order valence-corrected chi connectivity index (χ4v) is 7.19. The number of aryl methyl sites for hydroxylation is 1. The van der Waals surface area contributed by atoms with E-state index in [-0.39, 0.29) is 16.2 Å². The van der Waals surface area contributed by atoms with Crippen molar-refractivity contribution in [3.8, 4) is 22.4 Å². The van der Waals surface area contributed by atoms with Crippen molar-refractivity contribution in [3.63, 3.8) is 0 Å². The summed E-state index contributed by atoms with van der Waals surface area (Å²) in [6.45, 7) is 20.7. The fraction of sp³-hybridized carbons (Fsp3) is 0.405. The summed E-state index contributed by atoms with van der Waals surface area (Å²) in [6.07, 6.45) is 3.97. The van der Waals surface area contributed by atoms with E-state index in [9.17, 15) is 0 Å². The van der Waals surface area contributed by atoms with Gasteiger partial charge in [-0.25, -0.2) is 4.98 Å². The van der Waals surface area contributed by atoms with Gasteiger partial charge in [-0.05, 0) is 77.0 Å². The molecule has 0 aliphatic heterocycles. The van der Waals surface area contributed by atoms with Crippen LogP contribution in [0.4, 0.5) is 0 Å². The Labute approximate surface area is 239 Å². The van der Waals surface area contributed by atoms with Gasteiger partial charge >= 0.3 is 0 Å². The van der Waals surface area contributed by atoms with Gasteiger partial charge in [0.05, 0.1) is 11.4 Å². The molecule has 0 saturated carbocycles. The summed E-state index contributed by atoms with van der Waals surface area (Å²) in [5.41, 5.74) is 11.3. The molecule has 0 atom stereocenters. The van der Waals surface area contributed by atoms with Crippen LogP contribution in [0.15, 0.2) is 65.2 Å². The van der Waals surface area contributed by atoms with Crippen LogP contribution in [0.25, 0.3) is 44.5 Å². The van der Waals surface area contributed by atoms with Crippen molar-refractivity contribution in [2.75, 3.05) is 0 Å². The lowest BCUT2D eigenvalue weighted by Gasteiger charge is -2.41. The van der Waals surface area contributed by atoms with Gasteiger partial charge in [-0.1, -0.05) is 91.8 Å². The summed E-state index contributed by atoms with van der Waals surface area (Å²) in [5.74, 6) is 0.431. The summed E-state index contributed by atoms with van der Waals surface area (Å²) < 4.78 is 6.75. The lowest BCUT2D eigenvalue weighted by Crippen LogP contribution is -2.35. The van der Waals surface area contributed by atoms with Gasteiger partial charge in [0.25, 0.3) is 0 Å². The highest BCUT2D eigenvalue weighted by molar-refractivity contribution is 6.10. The van der Waals surface area contributed by atoms with Gasteiger partial charge in [0.2, 0.25) is 5.71 Å². The highest BCUT2D eigenvalue weighted by Gasteiger charge is 2.49. The minimum Gasteiger partial charge on any atom is -0.437 e. The average molecular weight is 531 g/mol. The zero-order chi connectivity index (χ0) is 28.6. The first kappa shape index (κ1) is 26.7. The zero-order valence-electron chi connectivity index (χ0n) is 25.6. The smallest absolute Gasteiger partial charge is 0.227 e. The number of hydrogen-bond donors (Lipinski definition) is 0. The van der Waals surface area contributed by atoms with Gasteiger partial charge in [0, 0.05) is 33.5 Å². The van der Waals surface area contributed by atoms with Crippen molar-refractivity contribution in [1.29, 1.82) is 0 Å². The summed E-state index contributed by atoms with van der Waals surface area (Å²) >= 11 is 0. The molecule has 3 heteroatoms. The Hall–Kier alpha value is -3.46. The van der Waals surface area contributed by atoms with E-state index in [4.69, 9.17) is 14.4 Å². The van der Waals surface area contributed by atoms with E-state index in [1.54, 1.807) is 0 Å². The van der Waals surface area contributed by atoms with Crippen LogP contribution in [0.2, 0.25) is 0 Å². The molecule has 0 fully saturated rings. The summed E-state index contributed by atoms with van der Waals surface area (Å²) in [5, 5.41) is 2.18. The van der Waals surface area contributed by atoms with E-state index >= 15 is 0 Å². The minimum atomic E-state index is -0.179. The molecule has 3 aromatic heterocycles. The molecule has 0 radical (unpaired) electrons. The summed E-state index contributed by atoms with van der Waals surface area (Å²) in [6, 6.07) is 20.0. The topological polar surface area (TPSA) is 38.9 Å². The molecule has 0 unspecified atom stereocenters. The second-order valence-electron chi connectivity index (χ2n) is 14.7. The van der Waals surface area contributed by atoms with Crippen molar-refractivity contribution in [3.05, 3.63) is 83.2 Å². The van der Waals surface area contributed by atoms with Crippen LogP contribution in [-0.2, 0) is 5.41 Å². The molecular formula is C37H42N2O. The molecule has 0 N–H and O–H groups in total. The maximum Gasteiger partial charge on any atom is 0.227 e. The first-order chi connectivity index (χ1) is 18.8. The average Bonchev–Trinajstić information content (AvgIpc) is 3.34. The lowest BCUT2D eigenvalue weighted by atomic mass is 9.63. The number of nitrogens with zero attached hydrogens (tertiary/aromatic N) is 2. The molecule has 0 saturated heterocycles. The molecule has 1 aliphatic rings. The third kappa shape index (κ3) is 4.35. The number of pyridine rings is 2. The van der Waals surface area contributed by atoms with Crippen LogP contribution in [-0.4, -0.2) is 9.97 Å². The second-order valence-corrected chi connectivity index (χ2v) is 14.7. The van der Waals surface area contributed by atoms with E-state index in [1.165, 1.54) is 27.9 Å². The fourth-order valence-electron chi connectivity index (χ4n) is 7.19. The molecule has 3 heterocycles. The molecule has 1 aliphatic carbocycles. The number of fused-ring (bicyclic) bond motifs is 6. The zero-order valence-corrected chi connectivity index (χ0v) is 25.6. The van der Waals surface area contributed by atoms with Gasteiger partial charge in [0.1, 0.15) is 5.58 Å². The van der Waals surface area contributed by atoms with E-state index in [2.05, 4.69) is 117 Å². The normalized spacial score (nSPS) is 14.8. The van der Waals surface area contributed by atoms with Crippen LogP contribution in [0.3, 0.4) is 0 Å². The van der Waals surface area contributed by atoms with Crippen molar-refractivity contribution in [2.45, 2.75) is 86.5 Å². The molecule has 2 aromatic carbocycles. The van der Waals surface area contributed by atoms with Crippen LogP contribution in [0, 0.1) is 17.8 Å². The highest BCUT2D eigenvalue weighted by Crippen LogP contribution is 2.58. The largest absolute Gasteiger partial charge is 0.437 e. The van der Waals surface area contributed by atoms with Crippen LogP contribution in [0.5, 0.6) is 0 Å². The van der Waals surface area contributed by atoms with E-state index in [0.717, 1.165) is 51.7 Å². The van der Waals surface area contributed by atoms with Crippen molar-refractivity contribution < 1.29 is 4.42 Å². The van der Waals surface area contributed by atoms with Crippen LogP contribution >= 0.6 is 0 Å². The molecular weight excluding hydrogens is 488 g/mol. The van der Waals surface area contributed by atoms with Gasteiger partial charge in [-0.3, -0.25) is 4.98 Å². The Morgan fingerprint density at radius 3 is 2.20 bits per heavy atom. The van der Waals surface area contributed by atoms with Crippen molar-refractivity contribution in [1.82, 2.24) is 9.97 Å². The summed E-state index contributed by atoms with van der Waals surface area (Å²) in [7, 11) is 0. The van der Waals surface area contributed by atoms with Crippen LogP contribution < -0.4 is 0 Å². The maximum atomic E-state index is 6.75. The summed E-state index contributed by atoms with van der Waals surface area (Å²) in [4.78, 5) is 10.2. The Morgan fingerprint density at radius 2 is 1.52 bits per heavy atom. The van der Waals surface area contributed by atoms with Crippen molar-refractivity contribution in [2.24, 2.45) is 10.8 Å². The van der Waals surface area contributed by atoms with Gasteiger partial charge in [-0.15, -0.1) is 0 Å². The Balaban J connectivity index is 1.66. The number of benzene rings is 2. The molecule has 0 bridgehead atoms. The quantitative estimate of drug-likeness (QED) is 0.232. The monoisotopic (exact) mass is 530 g/mol. The number of rotatable bonds is 4. The molecule has 40 heavy (non-hydrogen) atoms. The van der Waals surface area contributed by atoms with Gasteiger partial charge < -0.3 is 4.42 Å². The third-order valence-electron chi connectivity index (χ3n) is 8.40. The Kier molecular flexibility index (Phi) is 6.04. The first-order valence-corrected chi connectivity index (χ1v) is 14.7. The highest BCUT2D eigenvalue weighted by atomic mass is 16.3. The first-order valence-electron chi connectivity index (χ1n) is 14.7. The molecule has 0 spiro atoms. The molecule has 6 rings (SSSR count). The van der Waals surface area contributed by atoms with E-state index in [0.29, 0.717) is 5.92 Å². The SMILES string of the molecule is Cc1ccc2c(oc3nc4c(cc32)-c2ccccc2C4(CC(C)(C)C)CC(C)(C)C)c1-c1cc(C(C)C)ccn1. The van der Waals surface area contributed by atoms with E-state index in [1.807, 2.05) is 6.20 Å².